The van der Waals surface area contributed by atoms with Gasteiger partial charge in [-0.05, 0) is 38.8 Å². The highest BCUT2D eigenvalue weighted by molar-refractivity contribution is 5.15. The normalized spacial score (nSPS) is 17.8. The molecule has 108 valence electrons. The molecular weight excluding hydrogens is 252 g/mol. The lowest BCUT2D eigenvalue weighted by molar-refractivity contribution is 0.164. The molecule has 0 amide bonds. The molecule has 0 aliphatic carbocycles. The highest BCUT2D eigenvalue weighted by Gasteiger charge is 2.23. The maximum Gasteiger partial charge on any atom is 0.230 e. The predicted octanol–water partition coefficient (Wildman–Crippen LogP) is 2.63. The summed E-state index contributed by atoms with van der Waals surface area (Å²) in [6.07, 6.45) is 2.37. The fourth-order valence-electron chi connectivity index (χ4n) is 3.18. The Hall–Kier alpha value is -1.62. The molecule has 0 unspecified atom stereocenters. The van der Waals surface area contributed by atoms with E-state index in [-0.39, 0.29) is 0 Å². The van der Waals surface area contributed by atoms with E-state index >= 15 is 0 Å². The highest BCUT2D eigenvalue weighted by Crippen LogP contribution is 2.26. The van der Waals surface area contributed by atoms with Crippen LogP contribution in [-0.2, 0) is 6.54 Å². The zero-order chi connectivity index (χ0) is 14.1. The number of piperidine rings is 1. The molecule has 2 aromatic heterocycles. The van der Waals surface area contributed by atoms with E-state index in [1.54, 1.807) is 0 Å². The number of aryl methyl sites for hydroxylation is 3. The molecule has 5 nitrogen and oxygen atoms in total. The summed E-state index contributed by atoms with van der Waals surface area (Å²) in [5.41, 5.74) is 2.74. The van der Waals surface area contributed by atoms with Gasteiger partial charge in [-0.15, -0.1) is 10.2 Å². The standard InChI is InChI=1S/C15H22N4O/c1-11-4-5-12(2)19(11)14-6-8-18(9-7-14)10-15-17-16-13(3)20-15/h4-5,14H,6-10H2,1-3H3. The fourth-order valence-corrected chi connectivity index (χ4v) is 3.18. The molecule has 0 aromatic carbocycles. The lowest BCUT2D eigenvalue weighted by atomic mass is 10.0. The molecular formula is C15H22N4O. The van der Waals surface area contributed by atoms with Gasteiger partial charge in [0.05, 0.1) is 6.54 Å². The SMILES string of the molecule is Cc1nnc(CN2CCC(n3c(C)ccc3C)CC2)o1. The molecule has 3 heterocycles. The molecule has 0 atom stereocenters. The first kappa shape index (κ1) is 13.4. The van der Waals surface area contributed by atoms with Crippen LogP contribution in [0.15, 0.2) is 16.5 Å². The molecule has 1 saturated heterocycles. The predicted molar refractivity (Wildman–Crippen MR) is 76.5 cm³/mol. The molecule has 0 spiro atoms. The minimum Gasteiger partial charge on any atom is -0.424 e. The van der Waals surface area contributed by atoms with Crippen LogP contribution in [0.5, 0.6) is 0 Å². The van der Waals surface area contributed by atoms with Gasteiger partial charge < -0.3 is 8.98 Å². The Morgan fingerprint density at radius 1 is 1.10 bits per heavy atom. The number of aromatic nitrogens is 3. The van der Waals surface area contributed by atoms with E-state index in [9.17, 15) is 0 Å². The summed E-state index contributed by atoms with van der Waals surface area (Å²) in [6.45, 7) is 9.17. The first-order valence-corrected chi connectivity index (χ1v) is 7.29. The van der Waals surface area contributed by atoms with Crippen molar-refractivity contribution in [1.29, 1.82) is 0 Å². The van der Waals surface area contributed by atoms with Crippen LogP contribution in [0, 0.1) is 20.8 Å². The largest absolute Gasteiger partial charge is 0.424 e. The number of hydrogen-bond acceptors (Lipinski definition) is 4. The summed E-state index contributed by atoms with van der Waals surface area (Å²) in [6, 6.07) is 5.05. The van der Waals surface area contributed by atoms with Gasteiger partial charge in [0.25, 0.3) is 0 Å². The Labute approximate surface area is 119 Å². The molecule has 0 N–H and O–H groups in total. The van der Waals surface area contributed by atoms with E-state index in [0.717, 1.165) is 25.5 Å². The third-order valence-electron chi connectivity index (χ3n) is 4.17. The van der Waals surface area contributed by atoms with Crippen molar-refractivity contribution in [3.05, 3.63) is 35.3 Å². The number of nitrogens with zero attached hydrogens (tertiary/aromatic N) is 4. The maximum absolute atomic E-state index is 5.45. The van der Waals surface area contributed by atoms with Crippen molar-refractivity contribution in [1.82, 2.24) is 19.7 Å². The van der Waals surface area contributed by atoms with Crippen LogP contribution in [0.2, 0.25) is 0 Å². The van der Waals surface area contributed by atoms with E-state index in [4.69, 9.17) is 4.42 Å². The van der Waals surface area contributed by atoms with Crippen LogP contribution in [-0.4, -0.2) is 32.8 Å². The van der Waals surface area contributed by atoms with Gasteiger partial charge in [-0.3, -0.25) is 4.90 Å². The van der Waals surface area contributed by atoms with Gasteiger partial charge in [-0.2, -0.15) is 0 Å². The van der Waals surface area contributed by atoms with E-state index in [1.165, 1.54) is 24.2 Å². The summed E-state index contributed by atoms with van der Waals surface area (Å²) < 4.78 is 7.93. The number of rotatable bonds is 3. The van der Waals surface area contributed by atoms with Crippen molar-refractivity contribution in [3.63, 3.8) is 0 Å². The van der Waals surface area contributed by atoms with Crippen molar-refractivity contribution in [3.8, 4) is 0 Å². The van der Waals surface area contributed by atoms with Crippen molar-refractivity contribution >= 4 is 0 Å². The van der Waals surface area contributed by atoms with E-state index in [0.29, 0.717) is 11.9 Å². The average Bonchev–Trinajstić information content (AvgIpc) is 2.98. The van der Waals surface area contributed by atoms with E-state index in [2.05, 4.69) is 45.6 Å². The van der Waals surface area contributed by atoms with Crippen LogP contribution >= 0.6 is 0 Å². The van der Waals surface area contributed by atoms with Crippen LogP contribution in [0.4, 0.5) is 0 Å². The fraction of sp³-hybridized carbons (Fsp3) is 0.600. The van der Waals surface area contributed by atoms with Gasteiger partial charge in [-0.25, -0.2) is 0 Å². The molecule has 3 rings (SSSR count). The summed E-state index contributed by atoms with van der Waals surface area (Å²) in [7, 11) is 0. The summed E-state index contributed by atoms with van der Waals surface area (Å²) >= 11 is 0. The lowest BCUT2D eigenvalue weighted by Gasteiger charge is -2.33. The average molecular weight is 274 g/mol. The number of hydrogen-bond donors (Lipinski definition) is 0. The Kier molecular flexibility index (Phi) is 3.61. The third-order valence-corrected chi connectivity index (χ3v) is 4.17. The van der Waals surface area contributed by atoms with E-state index in [1.807, 2.05) is 6.92 Å². The lowest BCUT2D eigenvalue weighted by Crippen LogP contribution is -2.34. The summed E-state index contributed by atoms with van der Waals surface area (Å²) in [5, 5.41) is 7.96. The van der Waals surface area contributed by atoms with Gasteiger partial charge in [-0.1, -0.05) is 0 Å². The maximum atomic E-state index is 5.45. The molecule has 0 saturated carbocycles. The third kappa shape index (κ3) is 2.63. The molecule has 1 aliphatic rings. The minimum atomic E-state index is 0.630. The Morgan fingerprint density at radius 2 is 1.75 bits per heavy atom. The first-order valence-electron chi connectivity index (χ1n) is 7.29. The molecule has 0 bridgehead atoms. The monoisotopic (exact) mass is 274 g/mol. The summed E-state index contributed by atoms with van der Waals surface area (Å²) in [4.78, 5) is 2.40. The smallest absolute Gasteiger partial charge is 0.230 e. The molecule has 2 aromatic rings. The second-order valence-electron chi connectivity index (χ2n) is 5.71. The van der Waals surface area contributed by atoms with Crippen molar-refractivity contribution < 1.29 is 4.42 Å². The minimum absolute atomic E-state index is 0.630. The van der Waals surface area contributed by atoms with Gasteiger partial charge in [0, 0.05) is 37.4 Å². The second kappa shape index (κ2) is 5.40. The van der Waals surface area contributed by atoms with Crippen LogP contribution in [0.3, 0.4) is 0 Å². The van der Waals surface area contributed by atoms with Crippen molar-refractivity contribution in [2.24, 2.45) is 0 Å². The van der Waals surface area contributed by atoms with Gasteiger partial charge in [0.2, 0.25) is 11.8 Å². The molecule has 1 aliphatic heterocycles. The zero-order valence-corrected chi connectivity index (χ0v) is 12.5. The van der Waals surface area contributed by atoms with Crippen molar-refractivity contribution in [2.45, 2.75) is 46.2 Å². The quantitative estimate of drug-likeness (QED) is 0.863. The first-order chi connectivity index (χ1) is 9.63. The molecule has 5 heteroatoms. The van der Waals surface area contributed by atoms with Crippen LogP contribution in [0.25, 0.3) is 0 Å². The topological polar surface area (TPSA) is 47.1 Å². The van der Waals surface area contributed by atoms with Gasteiger partial charge in [0.1, 0.15) is 0 Å². The summed E-state index contributed by atoms with van der Waals surface area (Å²) in [5.74, 6) is 1.38. The van der Waals surface area contributed by atoms with Crippen LogP contribution in [0.1, 0.15) is 42.1 Å². The molecule has 0 radical (unpaired) electrons. The number of likely N-dealkylation sites (tertiary alicyclic amines) is 1. The van der Waals surface area contributed by atoms with Gasteiger partial charge >= 0.3 is 0 Å². The second-order valence-corrected chi connectivity index (χ2v) is 5.71. The van der Waals surface area contributed by atoms with Gasteiger partial charge in [0.15, 0.2) is 0 Å². The van der Waals surface area contributed by atoms with Crippen molar-refractivity contribution in [2.75, 3.05) is 13.1 Å². The zero-order valence-electron chi connectivity index (χ0n) is 12.5. The molecule has 1 fully saturated rings. The Balaban J connectivity index is 1.60. The highest BCUT2D eigenvalue weighted by atomic mass is 16.4. The molecule has 20 heavy (non-hydrogen) atoms. The van der Waals surface area contributed by atoms with E-state index < -0.39 is 0 Å². The van der Waals surface area contributed by atoms with Crippen LogP contribution < -0.4 is 0 Å². The Morgan fingerprint density at radius 3 is 2.30 bits per heavy atom. The Bertz CT molecular complexity index is 559.